The predicted molar refractivity (Wildman–Crippen MR) is 61.5 cm³/mol. The average molecular weight is 244 g/mol. The van der Waals surface area contributed by atoms with Gasteiger partial charge in [0, 0.05) is 24.7 Å². The standard InChI is InChI=1S/C12H20O5/c1-7(2)9(13)5-12(17,11(15)16)6-10(14)8(3)4/h7-8,17H,5-6H2,1-4H3,(H,15,16). The maximum atomic E-state index is 11.5. The molecule has 0 radical (unpaired) electrons. The van der Waals surface area contributed by atoms with Crippen molar-refractivity contribution in [3.63, 3.8) is 0 Å². The third-order valence-electron chi connectivity index (χ3n) is 2.62. The number of carboxylic acid groups (broad SMARTS) is 1. The van der Waals surface area contributed by atoms with Gasteiger partial charge in [-0.2, -0.15) is 0 Å². The molecular formula is C12H20O5. The number of carbonyl (C=O) groups is 3. The molecule has 0 fully saturated rings. The fraction of sp³-hybridized carbons (Fsp3) is 0.750. The quantitative estimate of drug-likeness (QED) is 0.698. The second kappa shape index (κ2) is 5.91. The first-order valence-corrected chi connectivity index (χ1v) is 5.61. The minimum absolute atomic E-state index is 0.366. The molecule has 0 aliphatic heterocycles. The summed E-state index contributed by atoms with van der Waals surface area (Å²) in [6.07, 6.45) is -1.06. The van der Waals surface area contributed by atoms with Gasteiger partial charge >= 0.3 is 5.97 Å². The zero-order valence-electron chi connectivity index (χ0n) is 10.7. The van der Waals surface area contributed by atoms with E-state index in [2.05, 4.69) is 0 Å². The van der Waals surface area contributed by atoms with Gasteiger partial charge in [0.15, 0.2) is 5.60 Å². The summed E-state index contributed by atoms with van der Waals surface area (Å²) in [5, 5.41) is 18.8. The predicted octanol–water partition coefficient (Wildman–Crippen LogP) is 1.03. The van der Waals surface area contributed by atoms with E-state index in [9.17, 15) is 19.5 Å². The Hall–Kier alpha value is -1.23. The Bertz CT molecular complexity index is 295. The maximum absolute atomic E-state index is 11.5. The first-order chi connectivity index (χ1) is 7.60. The summed E-state index contributed by atoms with van der Waals surface area (Å²) in [4.78, 5) is 33.9. The molecule has 2 N–H and O–H groups in total. The molecule has 0 aliphatic carbocycles. The van der Waals surface area contributed by atoms with E-state index in [1.807, 2.05) is 0 Å². The molecule has 0 aliphatic rings. The Morgan fingerprint density at radius 2 is 1.24 bits per heavy atom. The topological polar surface area (TPSA) is 91.7 Å². The van der Waals surface area contributed by atoms with Gasteiger partial charge in [0.25, 0.3) is 0 Å². The second-order valence-corrected chi connectivity index (χ2v) is 4.93. The average Bonchev–Trinajstić information content (AvgIpc) is 2.16. The molecule has 0 saturated carbocycles. The first-order valence-electron chi connectivity index (χ1n) is 5.61. The molecule has 98 valence electrons. The van der Waals surface area contributed by atoms with Crippen LogP contribution in [0.3, 0.4) is 0 Å². The van der Waals surface area contributed by atoms with Crippen LogP contribution < -0.4 is 0 Å². The van der Waals surface area contributed by atoms with Gasteiger partial charge in [-0.25, -0.2) is 4.79 Å². The summed E-state index contributed by atoms with van der Waals surface area (Å²) in [5.41, 5.74) is -2.28. The van der Waals surface area contributed by atoms with E-state index in [-0.39, 0.29) is 23.4 Å². The number of carbonyl (C=O) groups excluding carboxylic acids is 2. The van der Waals surface area contributed by atoms with Crippen molar-refractivity contribution in [1.82, 2.24) is 0 Å². The highest BCUT2D eigenvalue weighted by molar-refractivity contribution is 5.93. The Morgan fingerprint density at radius 3 is 1.41 bits per heavy atom. The van der Waals surface area contributed by atoms with Crippen LogP contribution in [0.1, 0.15) is 40.5 Å². The molecule has 0 aromatic heterocycles. The smallest absolute Gasteiger partial charge is 0.336 e. The highest BCUT2D eigenvalue weighted by Crippen LogP contribution is 2.21. The number of rotatable bonds is 7. The number of hydrogen-bond donors (Lipinski definition) is 2. The lowest BCUT2D eigenvalue weighted by atomic mass is 9.86. The zero-order valence-corrected chi connectivity index (χ0v) is 10.7. The molecule has 0 aromatic rings. The fourth-order valence-electron chi connectivity index (χ4n) is 1.20. The van der Waals surface area contributed by atoms with Crippen molar-refractivity contribution in [2.75, 3.05) is 0 Å². The van der Waals surface area contributed by atoms with Crippen molar-refractivity contribution in [2.45, 2.75) is 46.1 Å². The molecule has 0 aromatic carbocycles. The minimum Gasteiger partial charge on any atom is -0.479 e. The van der Waals surface area contributed by atoms with Crippen LogP contribution in [0.5, 0.6) is 0 Å². The molecule has 0 bridgehead atoms. The zero-order chi connectivity index (χ0) is 13.8. The summed E-state index contributed by atoms with van der Waals surface area (Å²) in [6, 6.07) is 0. The van der Waals surface area contributed by atoms with E-state index in [4.69, 9.17) is 5.11 Å². The summed E-state index contributed by atoms with van der Waals surface area (Å²) in [7, 11) is 0. The molecule has 0 amide bonds. The number of hydrogen-bond acceptors (Lipinski definition) is 4. The van der Waals surface area contributed by atoms with Crippen LogP contribution in [-0.2, 0) is 14.4 Å². The van der Waals surface area contributed by atoms with Gasteiger partial charge in [-0.3, -0.25) is 9.59 Å². The number of aliphatic carboxylic acids is 1. The summed E-state index contributed by atoms with van der Waals surface area (Å²) in [5.74, 6) is -3.00. The molecule has 0 unspecified atom stereocenters. The van der Waals surface area contributed by atoms with Crippen molar-refractivity contribution in [2.24, 2.45) is 11.8 Å². The summed E-state index contributed by atoms with van der Waals surface area (Å²) < 4.78 is 0. The second-order valence-electron chi connectivity index (χ2n) is 4.93. The molecule has 5 nitrogen and oxygen atoms in total. The Kier molecular flexibility index (Phi) is 5.48. The maximum Gasteiger partial charge on any atom is 0.336 e. The van der Waals surface area contributed by atoms with Gasteiger partial charge in [-0.1, -0.05) is 27.7 Å². The monoisotopic (exact) mass is 244 g/mol. The summed E-state index contributed by atoms with van der Waals surface area (Å²) >= 11 is 0. The van der Waals surface area contributed by atoms with Crippen LogP contribution in [-0.4, -0.2) is 33.3 Å². The number of carboxylic acids is 1. The van der Waals surface area contributed by atoms with Crippen molar-refractivity contribution >= 4 is 17.5 Å². The van der Waals surface area contributed by atoms with E-state index in [1.54, 1.807) is 27.7 Å². The van der Waals surface area contributed by atoms with Crippen molar-refractivity contribution < 1.29 is 24.6 Å². The molecule has 0 atom stereocenters. The van der Waals surface area contributed by atoms with Gasteiger partial charge in [0.2, 0.25) is 0 Å². The Morgan fingerprint density at radius 1 is 0.941 bits per heavy atom. The van der Waals surface area contributed by atoms with E-state index >= 15 is 0 Å². The molecule has 5 heteroatoms. The first kappa shape index (κ1) is 15.8. The molecule has 0 saturated heterocycles. The van der Waals surface area contributed by atoms with Gasteiger partial charge in [-0.15, -0.1) is 0 Å². The Balaban J connectivity index is 4.87. The van der Waals surface area contributed by atoms with E-state index < -0.39 is 24.4 Å². The summed E-state index contributed by atoms with van der Waals surface area (Å²) in [6.45, 7) is 6.48. The van der Waals surface area contributed by atoms with E-state index in [0.29, 0.717) is 0 Å². The number of ketones is 2. The van der Waals surface area contributed by atoms with Gasteiger partial charge < -0.3 is 10.2 Å². The number of aliphatic hydroxyl groups is 1. The third kappa shape index (κ3) is 4.65. The van der Waals surface area contributed by atoms with Crippen molar-refractivity contribution in [1.29, 1.82) is 0 Å². The minimum atomic E-state index is -2.28. The van der Waals surface area contributed by atoms with Crippen LogP contribution in [0.25, 0.3) is 0 Å². The molecule has 0 spiro atoms. The van der Waals surface area contributed by atoms with Crippen LogP contribution in [0.2, 0.25) is 0 Å². The van der Waals surface area contributed by atoms with E-state index in [0.717, 1.165) is 0 Å². The highest BCUT2D eigenvalue weighted by Gasteiger charge is 2.41. The lowest BCUT2D eigenvalue weighted by Crippen LogP contribution is -2.44. The molecule has 0 rings (SSSR count). The largest absolute Gasteiger partial charge is 0.479 e. The third-order valence-corrected chi connectivity index (χ3v) is 2.62. The number of Topliss-reactive ketones (excluding diaryl/α,β-unsaturated/α-hetero) is 2. The van der Waals surface area contributed by atoms with Crippen molar-refractivity contribution in [3.05, 3.63) is 0 Å². The fourth-order valence-corrected chi connectivity index (χ4v) is 1.20. The van der Waals surface area contributed by atoms with Gasteiger partial charge in [-0.05, 0) is 0 Å². The van der Waals surface area contributed by atoms with Crippen LogP contribution in [0, 0.1) is 11.8 Å². The van der Waals surface area contributed by atoms with Crippen LogP contribution in [0.15, 0.2) is 0 Å². The molecule has 0 heterocycles. The molecular weight excluding hydrogens is 224 g/mol. The van der Waals surface area contributed by atoms with Crippen LogP contribution >= 0.6 is 0 Å². The van der Waals surface area contributed by atoms with Gasteiger partial charge in [0.05, 0.1) is 0 Å². The normalized spacial score (nSPS) is 11.9. The lowest BCUT2D eigenvalue weighted by Gasteiger charge is -2.23. The lowest BCUT2D eigenvalue weighted by molar-refractivity contribution is -0.164. The Labute approximate surface area is 101 Å². The van der Waals surface area contributed by atoms with E-state index in [1.165, 1.54) is 0 Å². The highest BCUT2D eigenvalue weighted by atomic mass is 16.4. The van der Waals surface area contributed by atoms with Crippen LogP contribution in [0.4, 0.5) is 0 Å². The van der Waals surface area contributed by atoms with Gasteiger partial charge in [0.1, 0.15) is 11.6 Å². The molecule has 17 heavy (non-hydrogen) atoms. The van der Waals surface area contributed by atoms with Crippen molar-refractivity contribution in [3.8, 4) is 0 Å². The SMILES string of the molecule is CC(C)C(=O)CC(O)(CC(=O)C(C)C)C(=O)O.